The number of nitrogens with zero attached hydrogens (tertiary/aromatic N) is 4. The van der Waals surface area contributed by atoms with Crippen LogP contribution in [0.5, 0.6) is 0 Å². The molecule has 3 aromatic heterocycles. The third kappa shape index (κ3) is 2.21. The van der Waals surface area contributed by atoms with Gasteiger partial charge in [-0.2, -0.15) is 4.52 Å². The maximum atomic E-state index is 13.0. The molecule has 3 aromatic rings. The Hall–Kier alpha value is -2.96. The highest BCUT2D eigenvalue weighted by atomic mass is 16.2. The van der Waals surface area contributed by atoms with E-state index in [1.165, 1.54) is 4.52 Å². The van der Waals surface area contributed by atoms with Gasteiger partial charge in [-0.15, -0.1) is 0 Å². The van der Waals surface area contributed by atoms with Crippen LogP contribution < -0.4 is 11.3 Å². The Morgan fingerprint density at radius 2 is 2.00 bits per heavy atom. The van der Waals surface area contributed by atoms with Crippen molar-refractivity contribution < 1.29 is 4.79 Å². The van der Waals surface area contributed by atoms with Crippen molar-refractivity contribution in [1.29, 1.82) is 0 Å². The van der Waals surface area contributed by atoms with Crippen LogP contribution >= 0.6 is 0 Å². The molecule has 23 heavy (non-hydrogen) atoms. The quantitative estimate of drug-likeness (QED) is 0.779. The van der Waals surface area contributed by atoms with Crippen molar-refractivity contribution in [3.8, 4) is 5.82 Å². The molecular weight excluding hydrogens is 294 g/mol. The zero-order valence-electron chi connectivity index (χ0n) is 13.1. The van der Waals surface area contributed by atoms with Crippen LogP contribution in [0.15, 0.2) is 41.5 Å². The van der Waals surface area contributed by atoms with Crippen molar-refractivity contribution in [3.63, 3.8) is 0 Å². The van der Waals surface area contributed by atoms with E-state index in [2.05, 4.69) is 9.97 Å². The zero-order valence-corrected chi connectivity index (χ0v) is 13.1. The Balaban J connectivity index is 2.38. The summed E-state index contributed by atoms with van der Waals surface area (Å²) in [5.74, 6) is 0.00785. The Morgan fingerprint density at radius 3 is 2.61 bits per heavy atom. The molecule has 0 spiro atoms. The number of fused-ring (bicyclic) bond motifs is 1. The lowest BCUT2D eigenvalue weighted by atomic mass is 9.84. The van der Waals surface area contributed by atoms with Crippen LogP contribution in [-0.2, 0) is 10.2 Å². The number of hydrogen-bond donors (Lipinski definition) is 1. The number of pyridine rings is 1. The minimum atomic E-state index is -1.12. The molecule has 0 radical (unpaired) electrons. The molecule has 118 valence electrons. The fourth-order valence-electron chi connectivity index (χ4n) is 2.67. The topological polar surface area (TPSA) is 95.3 Å². The second-order valence-electron chi connectivity index (χ2n) is 5.88. The molecular formula is C16H17N5O2. The Kier molecular flexibility index (Phi) is 3.28. The predicted molar refractivity (Wildman–Crippen MR) is 85.5 cm³/mol. The normalized spacial score (nSPS) is 11.8. The highest BCUT2D eigenvalue weighted by molar-refractivity contribution is 5.86. The third-order valence-corrected chi connectivity index (χ3v) is 3.97. The molecule has 0 atom stereocenters. The summed E-state index contributed by atoms with van der Waals surface area (Å²) in [6, 6.07) is 7.13. The highest BCUT2D eigenvalue weighted by Crippen LogP contribution is 2.22. The van der Waals surface area contributed by atoms with Crippen molar-refractivity contribution in [2.24, 2.45) is 5.73 Å². The smallest absolute Gasteiger partial charge is 0.277 e. The van der Waals surface area contributed by atoms with Gasteiger partial charge < -0.3 is 5.73 Å². The molecule has 0 aliphatic carbocycles. The fourth-order valence-corrected chi connectivity index (χ4v) is 2.67. The summed E-state index contributed by atoms with van der Waals surface area (Å²) in [6.07, 6.45) is 3.36. The summed E-state index contributed by atoms with van der Waals surface area (Å²) in [4.78, 5) is 33.5. The SMILES string of the molecule is Cc1nc2ccn(-c3ccccn3)n2c(=O)c1C(C)(C)C(N)=O. The molecule has 7 nitrogen and oxygen atoms in total. The summed E-state index contributed by atoms with van der Waals surface area (Å²) in [5, 5.41) is 0. The zero-order chi connectivity index (χ0) is 16.8. The van der Waals surface area contributed by atoms with Gasteiger partial charge >= 0.3 is 0 Å². The standard InChI is InChI=1S/C16H17N5O2/c1-10-13(16(2,3)15(17)23)14(22)21-12(19-10)7-9-20(21)11-6-4-5-8-18-11/h4-9H,1-3H3,(H2,17,23). The van der Waals surface area contributed by atoms with Gasteiger partial charge in [0, 0.05) is 24.2 Å². The van der Waals surface area contributed by atoms with Gasteiger partial charge in [-0.05, 0) is 32.9 Å². The first-order valence-corrected chi connectivity index (χ1v) is 7.17. The maximum Gasteiger partial charge on any atom is 0.277 e. The number of primary amides is 1. The molecule has 3 heterocycles. The Labute approximate surface area is 132 Å². The minimum absolute atomic E-state index is 0.290. The number of amides is 1. The first-order chi connectivity index (χ1) is 10.8. The first kappa shape index (κ1) is 15.0. The van der Waals surface area contributed by atoms with E-state index in [1.807, 2.05) is 6.07 Å². The van der Waals surface area contributed by atoms with Crippen molar-refractivity contribution in [3.05, 3.63) is 58.3 Å². The van der Waals surface area contributed by atoms with Crippen LogP contribution in [0.25, 0.3) is 11.5 Å². The fraction of sp³-hybridized carbons (Fsp3) is 0.250. The van der Waals surface area contributed by atoms with Crippen LogP contribution in [0, 0.1) is 6.92 Å². The van der Waals surface area contributed by atoms with E-state index in [0.717, 1.165) is 0 Å². The Bertz CT molecular complexity index is 954. The second-order valence-corrected chi connectivity index (χ2v) is 5.88. The lowest BCUT2D eigenvalue weighted by Crippen LogP contribution is -2.42. The molecule has 0 aliphatic rings. The van der Waals surface area contributed by atoms with Crippen molar-refractivity contribution >= 4 is 11.6 Å². The molecule has 1 amide bonds. The van der Waals surface area contributed by atoms with Gasteiger partial charge in [0.2, 0.25) is 5.91 Å². The molecule has 0 unspecified atom stereocenters. The van der Waals surface area contributed by atoms with E-state index in [1.54, 1.807) is 56.0 Å². The van der Waals surface area contributed by atoms with Crippen LogP contribution in [0.2, 0.25) is 0 Å². The molecule has 0 fully saturated rings. The van der Waals surface area contributed by atoms with Crippen molar-refractivity contribution in [2.45, 2.75) is 26.2 Å². The molecule has 7 heteroatoms. The molecule has 0 saturated carbocycles. The number of carbonyl (C=O) groups is 1. The van der Waals surface area contributed by atoms with Crippen LogP contribution in [0.1, 0.15) is 25.1 Å². The van der Waals surface area contributed by atoms with E-state index in [4.69, 9.17) is 5.73 Å². The van der Waals surface area contributed by atoms with Gasteiger partial charge in [-0.3, -0.25) is 9.59 Å². The third-order valence-electron chi connectivity index (χ3n) is 3.97. The van der Waals surface area contributed by atoms with E-state index in [9.17, 15) is 9.59 Å². The van der Waals surface area contributed by atoms with Crippen LogP contribution in [0.4, 0.5) is 0 Å². The van der Waals surface area contributed by atoms with E-state index >= 15 is 0 Å². The number of aryl methyl sites for hydroxylation is 1. The van der Waals surface area contributed by atoms with Gasteiger partial charge in [0.25, 0.3) is 5.56 Å². The van der Waals surface area contributed by atoms with Gasteiger partial charge in [-0.1, -0.05) is 6.07 Å². The maximum absolute atomic E-state index is 13.0. The first-order valence-electron chi connectivity index (χ1n) is 7.17. The van der Waals surface area contributed by atoms with Crippen LogP contribution in [-0.4, -0.2) is 25.1 Å². The summed E-state index contributed by atoms with van der Waals surface area (Å²) in [7, 11) is 0. The van der Waals surface area contributed by atoms with E-state index < -0.39 is 11.3 Å². The second kappa shape index (κ2) is 5.05. The van der Waals surface area contributed by atoms with E-state index in [-0.39, 0.29) is 5.56 Å². The van der Waals surface area contributed by atoms with Gasteiger partial charge in [0.15, 0.2) is 11.5 Å². The molecule has 2 N–H and O–H groups in total. The highest BCUT2D eigenvalue weighted by Gasteiger charge is 2.33. The van der Waals surface area contributed by atoms with Crippen molar-refractivity contribution in [2.75, 3.05) is 0 Å². The number of nitrogens with two attached hydrogens (primary N) is 1. The average molecular weight is 311 g/mol. The number of carbonyl (C=O) groups excluding carboxylic acids is 1. The summed E-state index contributed by atoms with van der Waals surface area (Å²) in [5.41, 5.74) is 5.31. The van der Waals surface area contributed by atoms with Gasteiger partial charge in [0.05, 0.1) is 11.0 Å². The van der Waals surface area contributed by atoms with Crippen LogP contribution in [0.3, 0.4) is 0 Å². The number of rotatable bonds is 3. The predicted octanol–water partition coefficient (Wildman–Crippen LogP) is 0.952. The monoisotopic (exact) mass is 311 g/mol. The van der Waals surface area contributed by atoms with E-state index in [0.29, 0.717) is 22.7 Å². The number of aromatic nitrogens is 4. The molecule has 3 rings (SSSR count). The largest absolute Gasteiger partial charge is 0.369 e. The summed E-state index contributed by atoms with van der Waals surface area (Å²) < 4.78 is 3.00. The average Bonchev–Trinajstić information content (AvgIpc) is 2.91. The molecule has 0 saturated heterocycles. The minimum Gasteiger partial charge on any atom is -0.369 e. The number of hydrogen-bond acceptors (Lipinski definition) is 4. The lowest BCUT2D eigenvalue weighted by Gasteiger charge is -2.22. The van der Waals surface area contributed by atoms with Crippen molar-refractivity contribution in [1.82, 2.24) is 19.2 Å². The summed E-state index contributed by atoms with van der Waals surface area (Å²) in [6.45, 7) is 4.96. The lowest BCUT2D eigenvalue weighted by molar-refractivity contribution is -0.122. The molecule has 0 aliphatic heterocycles. The summed E-state index contributed by atoms with van der Waals surface area (Å²) >= 11 is 0. The van der Waals surface area contributed by atoms with Gasteiger partial charge in [0.1, 0.15) is 0 Å². The van der Waals surface area contributed by atoms with Gasteiger partial charge in [-0.25, -0.2) is 14.6 Å². The molecule has 0 bridgehead atoms. The molecule has 0 aromatic carbocycles. The Morgan fingerprint density at radius 1 is 1.26 bits per heavy atom.